The van der Waals surface area contributed by atoms with E-state index in [2.05, 4.69) is 96.5 Å². The highest BCUT2D eigenvalue weighted by molar-refractivity contribution is 6.13. The Kier molecular flexibility index (Phi) is 11.2. The molecule has 3 aromatic heterocycles. The van der Waals surface area contributed by atoms with Gasteiger partial charge in [-0.2, -0.15) is 10.5 Å². The summed E-state index contributed by atoms with van der Waals surface area (Å²) in [5.41, 5.74) is 14.8. The number of rotatable bonds is 8. The van der Waals surface area contributed by atoms with Crippen LogP contribution in [0, 0.1) is 42.4 Å². The summed E-state index contributed by atoms with van der Waals surface area (Å²) >= 11 is 0. The smallest absolute Gasteiger partial charge is 0.188 e. The zero-order valence-corrected chi connectivity index (χ0v) is 41.3. The monoisotopic (exact) mass is 992 g/mol. The van der Waals surface area contributed by atoms with Gasteiger partial charge in [0.05, 0.1) is 76.4 Å². The second kappa shape index (κ2) is 18.9. The molecule has 0 saturated carbocycles. The normalized spacial score (nSPS) is 11.0. The number of fused-ring (bicyclic) bond motifs is 6. The lowest BCUT2D eigenvalue weighted by molar-refractivity contribution is 1.07. The molecule has 0 atom stereocenters. The minimum atomic E-state index is 0.396. The molecule has 0 aliphatic carbocycles. The molecule has 10 heteroatoms. The number of hydrogen-bond donors (Lipinski definition) is 0. The molecule has 0 unspecified atom stereocenters. The molecule has 358 valence electrons. The van der Waals surface area contributed by atoms with Gasteiger partial charge in [-0.3, -0.25) is 0 Å². The van der Waals surface area contributed by atoms with Gasteiger partial charge in [-0.25, -0.2) is 29.5 Å². The van der Waals surface area contributed by atoms with Crippen molar-refractivity contribution < 1.29 is 0 Å². The second-order valence-corrected chi connectivity index (χ2v) is 18.7. The highest BCUT2D eigenvalue weighted by atomic mass is 15.0. The summed E-state index contributed by atoms with van der Waals surface area (Å²) in [5.74, 6) is 1.54. The summed E-state index contributed by atoms with van der Waals surface area (Å²) < 4.78 is 4.51. The van der Waals surface area contributed by atoms with E-state index in [0.29, 0.717) is 45.7 Å². The van der Waals surface area contributed by atoms with Crippen molar-refractivity contribution in [1.82, 2.24) is 24.1 Å². The van der Waals surface area contributed by atoms with Crippen LogP contribution in [0.15, 0.2) is 218 Å². The summed E-state index contributed by atoms with van der Waals surface area (Å²) in [6.45, 7) is 24.0. The quantitative estimate of drug-likeness (QED) is 0.141. The van der Waals surface area contributed by atoms with Crippen LogP contribution < -0.4 is 0 Å². The Morgan fingerprint density at radius 2 is 0.782 bits per heavy atom. The highest BCUT2D eigenvalue weighted by Gasteiger charge is 2.24. The molecule has 13 aromatic rings. The van der Waals surface area contributed by atoms with Crippen molar-refractivity contribution in [2.24, 2.45) is 0 Å². The van der Waals surface area contributed by atoms with E-state index in [-0.39, 0.29) is 0 Å². The first-order chi connectivity index (χ1) is 38.4. The first kappa shape index (κ1) is 46.1. The fourth-order valence-electron chi connectivity index (χ4n) is 10.7. The van der Waals surface area contributed by atoms with E-state index in [1.165, 1.54) is 0 Å². The van der Waals surface area contributed by atoms with Crippen LogP contribution in [0.1, 0.15) is 11.1 Å². The third-order valence-electron chi connectivity index (χ3n) is 14.2. The van der Waals surface area contributed by atoms with Gasteiger partial charge in [0.2, 0.25) is 0 Å². The van der Waals surface area contributed by atoms with Gasteiger partial charge in [0.15, 0.2) is 34.5 Å². The molecule has 10 aromatic carbocycles. The summed E-state index contributed by atoms with van der Waals surface area (Å²) in [7, 11) is 0. The van der Waals surface area contributed by atoms with E-state index in [0.717, 1.165) is 105 Å². The minimum absolute atomic E-state index is 0.396. The highest BCUT2D eigenvalue weighted by Crippen LogP contribution is 2.45. The van der Waals surface area contributed by atoms with Crippen LogP contribution in [0.3, 0.4) is 0 Å². The number of benzene rings is 10. The lowest BCUT2D eigenvalue weighted by atomic mass is 9.97. The van der Waals surface area contributed by atoms with E-state index in [9.17, 15) is 10.5 Å². The predicted molar refractivity (Wildman–Crippen MR) is 309 cm³/mol. The van der Waals surface area contributed by atoms with Gasteiger partial charge < -0.3 is 9.13 Å². The number of hydrogen-bond acceptors (Lipinski definition) is 5. The topological polar surface area (TPSA) is 109 Å². The Balaban J connectivity index is 1.09. The van der Waals surface area contributed by atoms with Gasteiger partial charge in [0, 0.05) is 43.8 Å². The molecule has 0 radical (unpaired) electrons. The fourth-order valence-corrected chi connectivity index (χ4v) is 10.7. The van der Waals surface area contributed by atoms with Crippen molar-refractivity contribution in [1.29, 1.82) is 10.5 Å². The molecule has 0 fully saturated rings. The Bertz CT molecular complexity index is 4740. The first-order valence-corrected chi connectivity index (χ1v) is 24.9. The third-order valence-corrected chi connectivity index (χ3v) is 14.2. The largest absolute Gasteiger partial charge is 0.309 e. The molecule has 13 rings (SSSR count). The van der Waals surface area contributed by atoms with Crippen molar-refractivity contribution in [3.63, 3.8) is 0 Å². The Morgan fingerprint density at radius 1 is 0.321 bits per heavy atom. The van der Waals surface area contributed by atoms with Gasteiger partial charge in [0.1, 0.15) is 0 Å². The van der Waals surface area contributed by atoms with E-state index < -0.39 is 0 Å². The Hall–Kier alpha value is -11.7. The van der Waals surface area contributed by atoms with E-state index in [1.54, 1.807) is 12.1 Å². The minimum Gasteiger partial charge on any atom is -0.309 e. The average molecular weight is 993 g/mol. The van der Waals surface area contributed by atoms with Crippen molar-refractivity contribution in [2.75, 3.05) is 0 Å². The molecule has 0 aliphatic rings. The van der Waals surface area contributed by atoms with E-state index in [1.807, 2.05) is 146 Å². The van der Waals surface area contributed by atoms with Crippen LogP contribution in [-0.4, -0.2) is 24.1 Å². The number of aromatic nitrogens is 5. The number of nitriles is 2. The van der Waals surface area contributed by atoms with Gasteiger partial charge >= 0.3 is 0 Å². The zero-order chi connectivity index (χ0) is 52.9. The molecular weight excluding hydrogens is 957 g/mol. The van der Waals surface area contributed by atoms with Crippen LogP contribution >= 0.6 is 0 Å². The van der Waals surface area contributed by atoms with E-state index >= 15 is 0 Å². The zero-order valence-electron chi connectivity index (χ0n) is 41.3. The van der Waals surface area contributed by atoms with Crippen LogP contribution in [0.25, 0.3) is 137 Å². The van der Waals surface area contributed by atoms with Gasteiger partial charge in [-0.05, 0) is 101 Å². The number of para-hydroxylation sites is 2. The summed E-state index contributed by atoms with van der Waals surface area (Å²) in [6.07, 6.45) is 0. The third kappa shape index (κ3) is 7.91. The maximum Gasteiger partial charge on any atom is 0.188 e. The van der Waals surface area contributed by atoms with Crippen LogP contribution in [0.4, 0.5) is 17.1 Å². The molecular formula is C68H36N10. The summed E-state index contributed by atoms with van der Waals surface area (Å²) in [5, 5.41) is 23.7. The first-order valence-electron chi connectivity index (χ1n) is 24.9. The maximum absolute atomic E-state index is 9.87. The van der Waals surface area contributed by atoms with E-state index in [4.69, 9.17) is 34.7 Å². The molecule has 0 aliphatic heterocycles. The Labute approximate surface area is 448 Å². The lowest BCUT2D eigenvalue weighted by Crippen LogP contribution is -2.04. The average Bonchev–Trinajstić information content (AvgIpc) is 4.17. The van der Waals surface area contributed by atoms with Crippen LogP contribution in [0.5, 0.6) is 0 Å². The molecule has 10 nitrogen and oxygen atoms in total. The molecule has 0 spiro atoms. The molecule has 0 amide bonds. The molecule has 0 saturated heterocycles. The molecule has 0 N–H and O–H groups in total. The van der Waals surface area contributed by atoms with Crippen LogP contribution in [-0.2, 0) is 0 Å². The van der Waals surface area contributed by atoms with Gasteiger partial charge in [0.25, 0.3) is 0 Å². The van der Waals surface area contributed by atoms with Crippen molar-refractivity contribution in [2.45, 2.75) is 0 Å². The van der Waals surface area contributed by atoms with Gasteiger partial charge in [-0.1, -0.05) is 146 Å². The fraction of sp³-hybridized carbons (Fsp3) is 0. The lowest BCUT2D eigenvalue weighted by Gasteiger charge is -2.20. The molecule has 0 bridgehead atoms. The standard InChI is InChI=1S/C68H36N10/c1-71-51-25-29-64(77-60-20-12-10-18-54(60)57-35-46(23-27-62(57)77)49-31-42(40-69)30-43(32-49)41-70)59(39-51)56-26-22-48(68-75-66(44-14-6-4-7-15-44)74-67(76-68)45-16-8-5-9-17-45)37-65(56)78-61-21-13-11-19-55(61)58-36-47(24-28-63(58)78)50-33-52(72-2)38-53(34-50)73-3/h4-39H. The van der Waals surface area contributed by atoms with Crippen LogP contribution in [0.2, 0.25) is 0 Å². The SMILES string of the molecule is [C-]#[N+]c1cc([N+]#[C-])cc(-c2ccc3c(c2)c2ccccc2n3-c2cc(-c3nc(-c4ccccc4)nc(-c4ccccc4)n3)ccc2-c2cc([N+]#[C-])ccc2-n2c3ccccc3c3cc(-c4cc(C#N)cc(C#N)c4)ccc32)c1. The molecule has 3 heterocycles. The number of nitrogens with zero attached hydrogens (tertiary/aromatic N) is 10. The van der Waals surface area contributed by atoms with Gasteiger partial charge in [-0.15, -0.1) is 0 Å². The Morgan fingerprint density at radius 3 is 1.31 bits per heavy atom. The van der Waals surface area contributed by atoms with Crippen molar-refractivity contribution in [3.8, 4) is 91.1 Å². The summed E-state index contributed by atoms with van der Waals surface area (Å²) in [4.78, 5) is 26.7. The second-order valence-electron chi connectivity index (χ2n) is 18.7. The van der Waals surface area contributed by atoms with Crippen molar-refractivity contribution in [3.05, 3.63) is 264 Å². The summed E-state index contributed by atoms with van der Waals surface area (Å²) in [6, 6.07) is 75.8. The maximum atomic E-state index is 9.87. The predicted octanol–water partition coefficient (Wildman–Crippen LogP) is 17.5. The molecule has 78 heavy (non-hydrogen) atoms. The van der Waals surface area contributed by atoms with Crippen molar-refractivity contribution >= 4 is 60.7 Å².